The number of nitrogens with zero attached hydrogens (tertiary/aromatic N) is 4. The van der Waals surface area contributed by atoms with Gasteiger partial charge in [0.05, 0.1) is 0 Å². The van der Waals surface area contributed by atoms with Crippen molar-refractivity contribution < 1.29 is 19.2 Å². The Hall–Kier alpha value is -4.97. The maximum absolute atomic E-state index is 14.7. The van der Waals surface area contributed by atoms with Gasteiger partial charge in [0.25, 0.3) is 17.7 Å². The second-order valence-electron chi connectivity index (χ2n) is 13.3. The standard InChI is InChI=1S/C38H43N5O4/c1-5-33(44)42-23-10-9-15-32(42)37(47)43(31-18-16-29(17-19-31)38(2,3)4)34(28-14-11-22-39-26-28)35(45)40-30-20-24-41(25-21-30)36(46)27-12-7-6-8-13-27/h1,6-8,11-14,16-19,22,26,30,32,34H,9-10,15,20-21,23-25H2,2-4H3,(H,40,45). The number of piperidine rings is 2. The third-order valence-electron chi connectivity index (χ3n) is 9.08. The van der Waals surface area contributed by atoms with Gasteiger partial charge in [0.15, 0.2) is 0 Å². The lowest BCUT2D eigenvalue weighted by Gasteiger charge is -2.40. The summed E-state index contributed by atoms with van der Waals surface area (Å²) in [4.78, 5) is 64.0. The predicted octanol–water partition coefficient (Wildman–Crippen LogP) is 4.89. The van der Waals surface area contributed by atoms with Gasteiger partial charge >= 0.3 is 0 Å². The molecule has 1 N–H and O–H groups in total. The van der Waals surface area contributed by atoms with Crippen LogP contribution >= 0.6 is 0 Å². The molecule has 0 aliphatic carbocycles. The Kier molecular flexibility index (Phi) is 10.4. The number of carbonyl (C=O) groups is 4. The molecule has 9 heteroatoms. The Morgan fingerprint density at radius 1 is 0.915 bits per heavy atom. The van der Waals surface area contributed by atoms with Gasteiger partial charge in [-0.05, 0) is 79.3 Å². The molecule has 47 heavy (non-hydrogen) atoms. The zero-order valence-electron chi connectivity index (χ0n) is 27.4. The van der Waals surface area contributed by atoms with E-state index in [9.17, 15) is 19.2 Å². The van der Waals surface area contributed by atoms with E-state index in [1.807, 2.05) is 47.4 Å². The van der Waals surface area contributed by atoms with Gasteiger partial charge in [0.1, 0.15) is 12.1 Å². The molecule has 2 unspecified atom stereocenters. The fourth-order valence-corrected chi connectivity index (χ4v) is 6.43. The highest BCUT2D eigenvalue weighted by Crippen LogP contribution is 2.33. The number of carbonyl (C=O) groups excluding carboxylic acids is 4. The molecular weight excluding hydrogens is 590 g/mol. The predicted molar refractivity (Wildman–Crippen MR) is 181 cm³/mol. The lowest BCUT2D eigenvalue weighted by atomic mass is 9.87. The van der Waals surface area contributed by atoms with E-state index in [1.54, 1.807) is 36.7 Å². The number of aromatic nitrogens is 1. The van der Waals surface area contributed by atoms with Crippen molar-refractivity contribution in [2.45, 2.75) is 76.4 Å². The van der Waals surface area contributed by atoms with Crippen molar-refractivity contribution in [3.05, 3.63) is 95.8 Å². The number of likely N-dealkylation sites (tertiary alicyclic amines) is 2. The molecule has 1 aromatic heterocycles. The minimum Gasteiger partial charge on any atom is -0.351 e. The third kappa shape index (κ3) is 7.71. The first kappa shape index (κ1) is 33.4. The SMILES string of the molecule is C#CC(=O)N1CCCCC1C(=O)N(c1ccc(C(C)(C)C)cc1)C(C(=O)NC1CCN(C(=O)c2ccccc2)CC1)c1cccnc1. The van der Waals surface area contributed by atoms with E-state index in [0.717, 1.165) is 18.4 Å². The Morgan fingerprint density at radius 3 is 2.23 bits per heavy atom. The first-order valence-electron chi connectivity index (χ1n) is 16.3. The quantitative estimate of drug-likeness (QED) is 0.374. The van der Waals surface area contributed by atoms with Crippen LogP contribution in [0.5, 0.6) is 0 Å². The van der Waals surface area contributed by atoms with Gasteiger partial charge in [0.2, 0.25) is 5.91 Å². The second-order valence-corrected chi connectivity index (χ2v) is 13.3. The molecule has 3 aromatic rings. The van der Waals surface area contributed by atoms with E-state index in [-0.39, 0.29) is 29.2 Å². The van der Waals surface area contributed by atoms with Crippen LogP contribution in [0.2, 0.25) is 0 Å². The topological polar surface area (TPSA) is 103 Å². The maximum atomic E-state index is 14.7. The summed E-state index contributed by atoms with van der Waals surface area (Å²) in [6, 6.07) is 18.3. The van der Waals surface area contributed by atoms with Crippen molar-refractivity contribution in [3.63, 3.8) is 0 Å². The fraction of sp³-hybridized carbons (Fsp3) is 0.395. The molecule has 4 amide bonds. The van der Waals surface area contributed by atoms with Gasteiger partial charge in [-0.25, -0.2) is 0 Å². The normalized spacial score (nSPS) is 17.7. The highest BCUT2D eigenvalue weighted by atomic mass is 16.2. The van der Waals surface area contributed by atoms with Crippen LogP contribution < -0.4 is 10.2 Å². The van der Waals surface area contributed by atoms with Gasteiger partial charge in [0, 0.05) is 54.9 Å². The van der Waals surface area contributed by atoms with Gasteiger partial charge in [-0.3, -0.25) is 29.1 Å². The highest BCUT2D eigenvalue weighted by Gasteiger charge is 2.41. The molecule has 2 fully saturated rings. The molecule has 2 aliphatic rings. The molecular formula is C38H43N5O4. The minimum absolute atomic E-state index is 0.0300. The third-order valence-corrected chi connectivity index (χ3v) is 9.08. The van der Waals surface area contributed by atoms with Gasteiger partial charge < -0.3 is 15.1 Å². The summed E-state index contributed by atoms with van der Waals surface area (Å²) in [7, 11) is 0. The number of anilines is 1. The van der Waals surface area contributed by atoms with Crippen LogP contribution in [0.1, 0.15) is 80.4 Å². The van der Waals surface area contributed by atoms with Crippen LogP contribution in [0.4, 0.5) is 5.69 Å². The van der Waals surface area contributed by atoms with Gasteiger partial charge in [-0.1, -0.05) is 57.2 Å². The number of benzene rings is 2. The smallest absolute Gasteiger partial charge is 0.298 e. The van der Waals surface area contributed by atoms with E-state index in [4.69, 9.17) is 6.42 Å². The molecule has 0 radical (unpaired) electrons. The monoisotopic (exact) mass is 633 g/mol. The van der Waals surface area contributed by atoms with Crippen molar-refractivity contribution >= 4 is 29.3 Å². The Labute approximate surface area is 277 Å². The number of hydrogen-bond acceptors (Lipinski definition) is 5. The van der Waals surface area contributed by atoms with Crippen LogP contribution in [-0.4, -0.2) is 70.1 Å². The van der Waals surface area contributed by atoms with Crippen molar-refractivity contribution in [1.29, 1.82) is 0 Å². The maximum Gasteiger partial charge on any atom is 0.298 e. The Bertz CT molecular complexity index is 1600. The first-order chi connectivity index (χ1) is 22.6. The van der Waals surface area contributed by atoms with Crippen LogP contribution in [0.3, 0.4) is 0 Å². The number of hydrogen-bond donors (Lipinski definition) is 1. The van der Waals surface area contributed by atoms with Crippen molar-refractivity contribution in [2.75, 3.05) is 24.5 Å². The number of rotatable bonds is 7. The van der Waals surface area contributed by atoms with Gasteiger partial charge in [-0.15, -0.1) is 6.42 Å². The number of pyridine rings is 1. The number of nitrogens with one attached hydrogen (secondary N) is 1. The summed E-state index contributed by atoms with van der Waals surface area (Å²) in [6.45, 7) is 7.71. The van der Waals surface area contributed by atoms with Crippen molar-refractivity contribution in [2.24, 2.45) is 0 Å². The van der Waals surface area contributed by atoms with E-state index < -0.39 is 18.0 Å². The summed E-state index contributed by atoms with van der Waals surface area (Å²) in [5.41, 5.74) is 2.67. The summed E-state index contributed by atoms with van der Waals surface area (Å²) < 4.78 is 0. The number of amides is 4. The highest BCUT2D eigenvalue weighted by molar-refractivity contribution is 6.06. The molecule has 0 spiro atoms. The Morgan fingerprint density at radius 2 is 1.62 bits per heavy atom. The average Bonchev–Trinajstić information content (AvgIpc) is 3.10. The van der Waals surface area contributed by atoms with Crippen LogP contribution in [0.25, 0.3) is 0 Å². The molecule has 0 saturated carbocycles. The Balaban J connectivity index is 1.46. The molecule has 244 valence electrons. The molecule has 2 atom stereocenters. The summed E-state index contributed by atoms with van der Waals surface area (Å²) in [6.07, 6.45) is 11.8. The molecule has 3 heterocycles. The molecule has 9 nitrogen and oxygen atoms in total. The molecule has 5 rings (SSSR count). The summed E-state index contributed by atoms with van der Waals surface area (Å²) in [5, 5.41) is 3.19. The average molecular weight is 634 g/mol. The fourth-order valence-electron chi connectivity index (χ4n) is 6.43. The van der Waals surface area contributed by atoms with E-state index >= 15 is 0 Å². The van der Waals surface area contributed by atoms with Crippen molar-refractivity contribution in [3.8, 4) is 12.3 Å². The van der Waals surface area contributed by atoms with Crippen LogP contribution in [0, 0.1) is 12.3 Å². The zero-order chi connectivity index (χ0) is 33.6. The zero-order valence-corrected chi connectivity index (χ0v) is 27.4. The summed E-state index contributed by atoms with van der Waals surface area (Å²) >= 11 is 0. The van der Waals surface area contributed by atoms with Crippen LogP contribution in [-0.2, 0) is 19.8 Å². The lowest BCUT2D eigenvalue weighted by molar-refractivity contribution is -0.138. The molecule has 0 bridgehead atoms. The van der Waals surface area contributed by atoms with E-state index in [0.29, 0.717) is 55.7 Å². The van der Waals surface area contributed by atoms with Gasteiger partial charge in [-0.2, -0.15) is 0 Å². The van der Waals surface area contributed by atoms with E-state index in [2.05, 4.69) is 37.0 Å². The first-order valence-corrected chi connectivity index (χ1v) is 16.3. The lowest BCUT2D eigenvalue weighted by Crippen LogP contribution is -2.56. The second kappa shape index (κ2) is 14.6. The largest absolute Gasteiger partial charge is 0.351 e. The van der Waals surface area contributed by atoms with Crippen molar-refractivity contribution in [1.82, 2.24) is 20.1 Å². The molecule has 2 saturated heterocycles. The summed E-state index contributed by atoms with van der Waals surface area (Å²) in [5.74, 6) is 0.886. The molecule has 2 aliphatic heterocycles. The number of terminal acetylenes is 1. The van der Waals surface area contributed by atoms with E-state index in [1.165, 1.54) is 9.80 Å². The molecule has 2 aromatic carbocycles. The van der Waals surface area contributed by atoms with Crippen LogP contribution in [0.15, 0.2) is 79.1 Å². The minimum atomic E-state index is -1.06.